The molecule has 4 rings (SSSR count). The summed E-state index contributed by atoms with van der Waals surface area (Å²) in [4.78, 5) is 27.5. The molecule has 1 aromatic heterocycles. The van der Waals surface area contributed by atoms with E-state index >= 15 is 0 Å². The number of anilines is 1. The van der Waals surface area contributed by atoms with E-state index < -0.39 is 11.8 Å². The normalized spacial score (nSPS) is 14.1. The lowest BCUT2D eigenvalue weighted by Gasteiger charge is -2.13. The number of furan rings is 1. The molecular formula is C22H16Cl2N2O3. The summed E-state index contributed by atoms with van der Waals surface area (Å²) in [6, 6.07) is 15.8. The molecule has 0 aliphatic carbocycles. The average molecular weight is 427 g/mol. The molecular weight excluding hydrogens is 411 g/mol. The van der Waals surface area contributed by atoms with Crippen LogP contribution in [-0.2, 0) is 16.1 Å². The molecule has 2 aromatic carbocycles. The number of rotatable bonds is 5. The molecule has 3 aromatic rings. The van der Waals surface area contributed by atoms with Gasteiger partial charge in [-0.1, -0.05) is 41.4 Å². The minimum Gasteiger partial charge on any atom is -0.467 e. The second kappa shape index (κ2) is 7.78. The molecule has 1 aliphatic rings. The Morgan fingerprint density at radius 2 is 1.83 bits per heavy atom. The standard InChI is InChI=1S/C22H16Cl2N2O3/c1-13-4-2-5-15(10-13)25-20-19(17-8-7-14(23)11-18(17)24)21(27)26(22(20)28)12-16-6-3-9-29-16/h2-11,25H,12H2,1H3. The molecule has 0 fully saturated rings. The first-order valence-corrected chi connectivity index (χ1v) is 9.61. The Hall–Kier alpha value is -3.02. The van der Waals surface area contributed by atoms with E-state index in [0.717, 1.165) is 10.5 Å². The largest absolute Gasteiger partial charge is 0.467 e. The van der Waals surface area contributed by atoms with Crippen LogP contribution in [0.25, 0.3) is 5.57 Å². The maximum absolute atomic E-state index is 13.2. The average Bonchev–Trinajstić information content (AvgIpc) is 3.26. The van der Waals surface area contributed by atoms with Gasteiger partial charge in [-0.25, -0.2) is 0 Å². The van der Waals surface area contributed by atoms with E-state index in [1.807, 2.05) is 31.2 Å². The Bertz CT molecular complexity index is 1140. The lowest BCUT2D eigenvalue weighted by atomic mass is 10.0. The summed E-state index contributed by atoms with van der Waals surface area (Å²) >= 11 is 12.4. The van der Waals surface area contributed by atoms with Gasteiger partial charge in [0, 0.05) is 16.3 Å². The van der Waals surface area contributed by atoms with Gasteiger partial charge in [-0.2, -0.15) is 0 Å². The third-order valence-corrected chi connectivity index (χ3v) is 5.10. The third-order valence-electron chi connectivity index (χ3n) is 4.55. The van der Waals surface area contributed by atoms with Gasteiger partial charge in [-0.05, 0) is 48.9 Å². The number of nitrogens with zero attached hydrogens (tertiary/aromatic N) is 1. The molecule has 7 heteroatoms. The maximum Gasteiger partial charge on any atom is 0.278 e. The number of amides is 2. The zero-order valence-electron chi connectivity index (χ0n) is 15.4. The van der Waals surface area contributed by atoms with Crippen LogP contribution in [0.2, 0.25) is 10.0 Å². The van der Waals surface area contributed by atoms with Crippen molar-refractivity contribution in [2.45, 2.75) is 13.5 Å². The minimum absolute atomic E-state index is 0.0262. The molecule has 2 heterocycles. The fraction of sp³-hybridized carbons (Fsp3) is 0.0909. The molecule has 2 amide bonds. The molecule has 29 heavy (non-hydrogen) atoms. The van der Waals surface area contributed by atoms with Crippen molar-refractivity contribution in [1.29, 1.82) is 0 Å². The maximum atomic E-state index is 13.2. The van der Waals surface area contributed by atoms with E-state index in [-0.39, 0.29) is 22.8 Å². The zero-order chi connectivity index (χ0) is 20.5. The van der Waals surface area contributed by atoms with E-state index in [2.05, 4.69) is 5.32 Å². The topological polar surface area (TPSA) is 62.6 Å². The van der Waals surface area contributed by atoms with E-state index in [1.54, 1.807) is 30.3 Å². The number of benzene rings is 2. The highest BCUT2D eigenvalue weighted by atomic mass is 35.5. The first-order valence-electron chi connectivity index (χ1n) is 8.86. The second-order valence-electron chi connectivity index (χ2n) is 6.64. The predicted octanol–water partition coefficient (Wildman–Crippen LogP) is 5.29. The number of carbonyl (C=O) groups is 2. The Balaban J connectivity index is 1.80. The van der Waals surface area contributed by atoms with Crippen LogP contribution in [0.15, 0.2) is 71.0 Å². The number of halogens is 2. The zero-order valence-corrected chi connectivity index (χ0v) is 16.9. The molecule has 0 spiro atoms. The lowest BCUT2D eigenvalue weighted by molar-refractivity contribution is -0.137. The van der Waals surface area contributed by atoms with Gasteiger partial charge in [-0.3, -0.25) is 14.5 Å². The van der Waals surface area contributed by atoms with Crippen molar-refractivity contribution in [3.63, 3.8) is 0 Å². The van der Waals surface area contributed by atoms with Crippen molar-refractivity contribution in [2.24, 2.45) is 0 Å². The number of imide groups is 1. The van der Waals surface area contributed by atoms with Crippen LogP contribution >= 0.6 is 23.2 Å². The Morgan fingerprint density at radius 3 is 2.52 bits per heavy atom. The number of aryl methyl sites for hydroxylation is 1. The molecule has 1 aliphatic heterocycles. The summed E-state index contributed by atoms with van der Waals surface area (Å²) in [5, 5.41) is 3.84. The van der Waals surface area contributed by atoms with Crippen molar-refractivity contribution in [2.75, 3.05) is 5.32 Å². The van der Waals surface area contributed by atoms with E-state index in [0.29, 0.717) is 22.0 Å². The molecule has 0 bridgehead atoms. The van der Waals surface area contributed by atoms with Crippen LogP contribution < -0.4 is 5.32 Å². The molecule has 0 saturated carbocycles. The third kappa shape index (κ3) is 3.79. The highest BCUT2D eigenvalue weighted by molar-refractivity contribution is 6.41. The Morgan fingerprint density at radius 1 is 1.00 bits per heavy atom. The summed E-state index contributed by atoms with van der Waals surface area (Å²) in [6.07, 6.45) is 1.50. The van der Waals surface area contributed by atoms with Crippen LogP contribution in [0.5, 0.6) is 0 Å². The highest BCUT2D eigenvalue weighted by Gasteiger charge is 2.40. The number of carbonyl (C=O) groups excluding carboxylic acids is 2. The molecule has 0 radical (unpaired) electrons. The van der Waals surface area contributed by atoms with E-state index in [4.69, 9.17) is 27.6 Å². The number of hydrogen-bond acceptors (Lipinski definition) is 4. The van der Waals surface area contributed by atoms with Gasteiger partial charge in [0.2, 0.25) is 0 Å². The fourth-order valence-corrected chi connectivity index (χ4v) is 3.71. The van der Waals surface area contributed by atoms with Crippen LogP contribution in [0.1, 0.15) is 16.9 Å². The van der Waals surface area contributed by atoms with Gasteiger partial charge < -0.3 is 9.73 Å². The Labute approximate surface area is 177 Å². The van der Waals surface area contributed by atoms with Crippen molar-refractivity contribution < 1.29 is 14.0 Å². The van der Waals surface area contributed by atoms with Gasteiger partial charge in [0.1, 0.15) is 11.5 Å². The Kier molecular flexibility index (Phi) is 5.18. The van der Waals surface area contributed by atoms with E-state index in [1.165, 1.54) is 6.26 Å². The molecule has 1 N–H and O–H groups in total. The smallest absolute Gasteiger partial charge is 0.278 e. The lowest BCUT2D eigenvalue weighted by Crippen LogP contribution is -2.31. The van der Waals surface area contributed by atoms with Crippen molar-refractivity contribution in [1.82, 2.24) is 4.90 Å². The molecule has 0 saturated heterocycles. The van der Waals surface area contributed by atoms with E-state index in [9.17, 15) is 9.59 Å². The molecule has 146 valence electrons. The highest BCUT2D eigenvalue weighted by Crippen LogP contribution is 2.36. The van der Waals surface area contributed by atoms with Gasteiger partial charge in [-0.15, -0.1) is 0 Å². The molecule has 5 nitrogen and oxygen atoms in total. The first-order chi connectivity index (χ1) is 13.9. The number of hydrogen-bond donors (Lipinski definition) is 1. The second-order valence-corrected chi connectivity index (χ2v) is 7.49. The summed E-state index contributed by atoms with van der Waals surface area (Å²) in [7, 11) is 0. The van der Waals surface area contributed by atoms with Gasteiger partial charge >= 0.3 is 0 Å². The van der Waals surface area contributed by atoms with Crippen molar-refractivity contribution in [3.05, 3.63) is 93.5 Å². The monoisotopic (exact) mass is 426 g/mol. The van der Waals surface area contributed by atoms with Crippen LogP contribution in [0.3, 0.4) is 0 Å². The summed E-state index contributed by atoms with van der Waals surface area (Å²) < 4.78 is 5.31. The summed E-state index contributed by atoms with van der Waals surface area (Å²) in [6.45, 7) is 1.97. The first kappa shape index (κ1) is 19.3. The summed E-state index contributed by atoms with van der Waals surface area (Å²) in [5.41, 5.74) is 2.52. The summed E-state index contributed by atoms with van der Waals surface area (Å²) in [5.74, 6) is -0.398. The van der Waals surface area contributed by atoms with Crippen molar-refractivity contribution in [3.8, 4) is 0 Å². The molecule has 0 unspecified atom stereocenters. The SMILES string of the molecule is Cc1cccc(NC2=C(c3ccc(Cl)cc3Cl)C(=O)N(Cc3ccco3)C2=O)c1. The number of nitrogens with one attached hydrogen (secondary N) is 1. The van der Waals surface area contributed by atoms with Crippen LogP contribution in [-0.4, -0.2) is 16.7 Å². The van der Waals surface area contributed by atoms with Gasteiger partial charge in [0.15, 0.2) is 0 Å². The van der Waals surface area contributed by atoms with Crippen LogP contribution in [0, 0.1) is 6.92 Å². The quantitative estimate of drug-likeness (QED) is 0.563. The predicted molar refractivity (Wildman–Crippen MR) is 112 cm³/mol. The molecule has 0 atom stereocenters. The van der Waals surface area contributed by atoms with Gasteiger partial charge in [0.25, 0.3) is 11.8 Å². The minimum atomic E-state index is -0.453. The van der Waals surface area contributed by atoms with Crippen molar-refractivity contribution >= 4 is 46.3 Å². The van der Waals surface area contributed by atoms with Crippen LogP contribution in [0.4, 0.5) is 5.69 Å². The van der Waals surface area contributed by atoms with Gasteiger partial charge in [0.05, 0.1) is 23.4 Å². The fourth-order valence-electron chi connectivity index (χ4n) is 3.20.